The van der Waals surface area contributed by atoms with E-state index in [1.165, 1.54) is 0 Å². The maximum absolute atomic E-state index is 9.73. The average Bonchev–Trinajstić information content (AvgIpc) is 2.99. The van der Waals surface area contributed by atoms with E-state index in [1.807, 2.05) is 37.4 Å². The van der Waals surface area contributed by atoms with Gasteiger partial charge in [0, 0.05) is 28.7 Å². The molecule has 1 N–H and O–H groups in total. The lowest BCUT2D eigenvalue weighted by atomic mass is 10.2. The summed E-state index contributed by atoms with van der Waals surface area (Å²) in [6.45, 7) is 4.95. The minimum absolute atomic E-state index is 0.604. The number of benzene rings is 1. The molecule has 2 aromatic heterocycles. The highest BCUT2D eigenvalue weighted by Crippen LogP contribution is 2.20. The summed E-state index contributed by atoms with van der Waals surface area (Å²) < 4.78 is 3.91. The van der Waals surface area contributed by atoms with E-state index >= 15 is 0 Å². The minimum Gasteiger partial charge on any atom is -0.385 e. The van der Waals surface area contributed by atoms with Crippen molar-refractivity contribution in [2.75, 3.05) is 0 Å². The zero-order chi connectivity index (χ0) is 15.0. The third-order valence-electron chi connectivity index (χ3n) is 3.47. The Morgan fingerprint density at radius 2 is 2.10 bits per heavy atom. The Balaban J connectivity index is 1.84. The van der Waals surface area contributed by atoms with Gasteiger partial charge >= 0.3 is 0 Å². The van der Waals surface area contributed by atoms with Crippen molar-refractivity contribution in [3.63, 3.8) is 0 Å². The molecule has 6 heteroatoms. The van der Waals surface area contributed by atoms with Crippen molar-refractivity contribution in [1.82, 2.24) is 19.3 Å². The molecule has 0 aliphatic carbocycles. The summed E-state index contributed by atoms with van der Waals surface area (Å²) in [4.78, 5) is 4.26. The van der Waals surface area contributed by atoms with Crippen molar-refractivity contribution < 1.29 is 5.11 Å². The van der Waals surface area contributed by atoms with Crippen LogP contribution in [-0.4, -0.2) is 24.4 Å². The molecule has 1 atom stereocenters. The molecule has 0 aliphatic heterocycles. The largest absolute Gasteiger partial charge is 0.385 e. The molecule has 3 rings (SSSR count). The molecule has 0 aliphatic rings. The van der Waals surface area contributed by atoms with Crippen LogP contribution in [0.5, 0.6) is 0 Å². The molecular formula is C15H17ClN4O. The Hall–Kier alpha value is -1.85. The van der Waals surface area contributed by atoms with E-state index in [9.17, 15) is 5.11 Å². The summed E-state index contributed by atoms with van der Waals surface area (Å²) in [5.41, 5.74) is 1.13. The van der Waals surface area contributed by atoms with Gasteiger partial charge in [-0.05, 0) is 38.1 Å². The van der Waals surface area contributed by atoms with Crippen LogP contribution in [0.4, 0.5) is 0 Å². The smallest absolute Gasteiger partial charge is 0.155 e. The van der Waals surface area contributed by atoms with Crippen LogP contribution in [0.3, 0.4) is 0 Å². The Morgan fingerprint density at radius 1 is 1.29 bits per heavy atom. The summed E-state index contributed by atoms with van der Waals surface area (Å²) in [6, 6.07) is 7.90. The van der Waals surface area contributed by atoms with Gasteiger partial charge in [-0.2, -0.15) is 5.10 Å². The van der Waals surface area contributed by atoms with E-state index in [2.05, 4.69) is 14.6 Å². The number of aryl methyl sites for hydroxylation is 3. The molecule has 0 bridgehead atoms. The van der Waals surface area contributed by atoms with Gasteiger partial charge in [0.25, 0.3) is 0 Å². The van der Waals surface area contributed by atoms with Crippen LogP contribution in [0.15, 0.2) is 30.5 Å². The van der Waals surface area contributed by atoms with Crippen molar-refractivity contribution in [1.29, 1.82) is 0 Å². The third kappa shape index (κ3) is 2.80. The minimum atomic E-state index is -0.619. The van der Waals surface area contributed by atoms with Crippen LogP contribution in [0, 0.1) is 6.92 Å². The summed E-state index contributed by atoms with van der Waals surface area (Å²) in [6.07, 6.45) is 1.42. The molecule has 3 aromatic rings. The molecule has 110 valence electrons. The quantitative estimate of drug-likeness (QED) is 0.806. The maximum atomic E-state index is 9.73. The fraction of sp³-hybridized carbons (Fsp3) is 0.333. The number of aliphatic hydroxyl groups is 1. The monoisotopic (exact) mass is 304 g/mol. The maximum Gasteiger partial charge on any atom is 0.155 e. The molecule has 2 heterocycles. The van der Waals surface area contributed by atoms with E-state index in [1.54, 1.807) is 11.6 Å². The summed E-state index contributed by atoms with van der Waals surface area (Å²) in [7, 11) is 0. The highest BCUT2D eigenvalue weighted by molar-refractivity contribution is 6.31. The Morgan fingerprint density at radius 3 is 2.86 bits per heavy atom. The molecule has 0 saturated carbocycles. The van der Waals surface area contributed by atoms with E-state index in [0.717, 1.165) is 22.5 Å². The molecule has 0 fully saturated rings. The van der Waals surface area contributed by atoms with Crippen LogP contribution in [0.25, 0.3) is 10.9 Å². The highest BCUT2D eigenvalue weighted by atomic mass is 35.5. The second-order valence-electron chi connectivity index (χ2n) is 5.13. The first kappa shape index (κ1) is 14.1. The van der Waals surface area contributed by atoms with Crippen LogP contribution in [-0.2, 0) is 13.1 Å². The standard InChI is InChI=1S/C15H17ClN4O/c1-10(21)15-17-11(2)18-20(15)8-7-19-6-5-12-9-13(16)3-4-14(12)19/h3-6,9-10,21H,7-8H2,1-2H3. The van der Waals surface area contributed by atoms with Gasteiger partial charge in [0.1, 0.15) is 11.9 Å². The van der Waals surface area contributed by atoms with Gasteiger partial charge in [0.2, 0.25) is 0 Å². The van der Waals surface area contributed by atoms with Gasteiger partial charge in [-0.15, -0.1) is 0 Å². The fourth-order valence-corrected chi connectivity index (χ4v) is 2.69. The highest BCUT2D eigenvalue weighted by Gasteiger charge is 2.12. The molecular weight excluding hydrogens is 288 g/mol. The number of rotatable bonds is 4. The van der Waals surface area contributed by atoms with Gasteiger partial charge in [-0.1, -0.05) is 11.6 Å². The SMILES string of the molecule is Cc1nc(C(C)O)n(CCn2ccc3cc(Cl)ccc32)n1. The number of aromatic nitrogens is 4. The predicted molar refractivity (Wildman–Crippen MR) is 82.3 cm³/mol. The van der Waals surface area contributed by atoms with Crippen LogP contribution in [0.2, 0.25) is 5.02 Å². The number of hydrogen-bond donors (Lipinski definition) is 1. The van der Waals surface area contributed by atoms with Crippen LogP contribution >= 0.6 is 11.6 Å². The van der Waals surface area contributed by atoms with Crippen LogP contribution in [0.1, 0.15) is 24.7 Å². The number of aliphatic hydroxyl groups excluding tert-OH is 1. The van der Waals surface area contributed by atoms with Crippen molar-refractivity contribution >= 4 is 22.5 Å². The first-order valence-corrected chi connectivity index (χ1v) is 7.26. The predicted octanol–water partition coefficient (Wildman–Crippen LogP) is 2.95. The molecule has 21 heavy (non-hydrogen) atoms. The summed E-state index contributed by atoms with van der Waals surface area (Å²) in [5.74, 6) is 1.28. The van der Waals surface area contributed by atoms with Gasteiger partial charge < -0.3 is 9.67 Å². The van der Waals surface area contributed by atoms with E-state index in [-0.39, 0.29) is 0 Å². The zero-order valence-electron chi connectivity index (χ0n) is 12.0. The molecule has 0 saturated heterocycles. The molecule has 0 spiro atoms. The second kappa shape index (κ2) is 5.50. The topological polar surface area (TPSA) is 55.9 Å². The lowest BCUT2D eigenvalue weighted by molar-refractivity contribution is 0.181. The lowest BCUT2D eigenvalue weighted by Crippen LogP contribution is -2.12. The third-order valence-corrected chi connectivity index (χ3v) is 3.70. The Kier molecular flexibility index (Phi) is 3.69. The molecule has 0 amide bonds. The summed E-state index contributed by atoms with van der Waals surface area (Å²) >= 11 is 6.00. The zero-order valence-corrected chi connectivity index (χ0v) is 12.7. The van der Waals surface area contributed by atoms with E-state index < -0.39 is 6.10 Å². The number of fused-ring (bicyclic) bond motifs is 1. The average molecular weight is 305 g/mol. The number of halogens is 1. The summed E-state index contributed by atoms with van der Waals surface area (Å²) in [5, 5.41) is 15.9. The first-order valence-electron chi connectivity index (χ1n) is 6.88. The van der Waals surface area contributed by atoms with Gasteiger partial charge in [-0.25, -0.2) is 9.67 Å². The number of nitrogens with zero attached hydrogens (tertiary/aromatic N) is 4. The van der Waals surface area contributed by atoms with Crippen molar-refractivity contribution in [3.8, 4) is 0 Å². The second-order valence-corrected chi connectivity index (χ2v) is 5.57. The van der Waals surface area contributed by atoms with E-state index in [4.69, 9.17) is 11.6 Å². The van der Waals surface area contributed by atoms with Gasteiger partial charge in [0.15, 0.2) is 5.82 Å². The molecule has 5 nitrogen and oxygen atoms in total. The Bertz CT molecular complexity index is 775. The normalized spacial score (nSPS) is 13.0. The first-order chi connectivity index (χ1) is 10.0. The van der Waals surface area contributed by atoms with Crippen molar-refractivity contribution in [2.24, 2.45) is 0 Å². The molecule has 0 radical (unpaired) electrons. The van der Waals surface area contributed by atoms with Gasteiger partial charge in [-0.3, -0.25) is 0 Å². The lowest BCUT2D eigenvalue weighted by Gasteiger charge is -2.09. The van der Waals surface area contributed by atoms with Crippen molar-refractivity contribution in [3.05, 3.63) is 47.1 Å². The van der Waals surface area contributed by atoms with Crippen molar-refractivity contribution in [2.45, 2.75) is 33.0 Å². The fourth-order valence-electron chi connectivity index (χ4n) is 2.51. The number of hydrogen-bond acceptors (Lipinski definition) is 3. The van der Waals surface area contributed by atoms with E-state index in [0.29, 0.717) is 18.2 Å². The molecule has 1 aromatic carbocycles. The van der Waals surface area contributed by atoms with Crippen LogP contribution < -0.4 is 0 Å². The molecule has 1 unspecified atom stereocenters. The van der Waals surface area contributed by atoms with Gasteiger partial charge in [0.05, 0.1) is 6.54 Å². The Labute approximate surface area is 127 Å².